The van der Waals surface area contributed by atoms with E-state index < -0.39 is 0 Å². The summed E-state index contributed by atoms with van der Waals surface area (Å²) in [5.74, 6) is 1.05. The molecule has 0 N–H and O–H groups in total. The molecular formula is C18H32. The van der Waals surface area contributed by atoms with E-state index in [0.717, 1.165) is 5.92 Å². The van der Waals surface area contributed by atoms with Crippen LogP contribution in [-0.4, -0.2) is 0 Å². The van der Waals surface area contributed by atoms with Crippen molar-refractivity contribution in [3.05, 3.63) is 12.2 Å². The molecule has 0 atom stereocenters. The quantitative estimate of drug-likeness (QED) is 0.368. The van der Waals surface area contributed by atoms with Gasteiger partial charge in [0.2, 0.25) is 0 Å². The van der Waals surface area contributed by atoms with Crippen molar-refractivity contribution in [3.63, 3.8) is 0 Å². The summed E-state index contributed by atoms with van der Waals surface area (Å²) in [4.78, 5) is 0. The van der Waals surface area contributed by atoms with E-state index in [9.17, 15) is 0 Å². The van der Waals surface area contributed by atoms with E-state index >= 15 is 0 Å². The van der Waals surface area contributed by atoms with E-state index in [1.165, 1.54) is 83.5 Å². The van der Waals surface area contributed by atoms with E-state index in [0.29, 0.717) is 5.41 Å². The van der Waals surface area contributed by atoms with Gasteiger partial charge in [-0.25, -0.2) is 0 Å². The molecule has 18 heavy (non-hydrogen) atoms. The molecule has 0 radical (unpaired) electrons. The van der Waals surface area contributed by atoms with Gasteiger partial charge in [0.05, 0.1) is 0 Å². The summed E-state index contributed by atoms with van der Waals surface area (Å²) in [6, 6.07) is 0. The Kier molecular flexibility index (Phi) is 5.33. The Labute approximate surface area is 114 Å². The predicted molar refractivity (Wildman–Crippen MR) is 80.8 cm³/mol. The SMILES string of the molecule is C=C(CCCCCCC)C12CCCC(CCC1)C2. The summed E-state index contributed by atoms with van der Waals surface area (Å²) in [5, 5.41) is 0. The van der Waals surface area contributed by atoms with E-state index in [1.807, 2.05) is 0 Å². The lowest BCUT2D eigenvalue weighted by Gasteiger charge is -2.47. The molecule has 0 aromatic rings. The normalized spacial score (nSPS) is 31.3. The Balaban J connectivity index is 1.76. The maximum Gasteiger partial charge on any atom is -0.00881 e. The first-order valence-corrected chi connectivity index (χ1v) is 8.45. The van der Waals surface area contributed by atoms with Gasteiger partial charge in [0.1, 0.15) is 0 Å². The third-order valence-electron chi connectivity index (χ3n) is 5.55. The predicted octanol–water partition coefficient (Wildman–Crippen LogP) is 6.26. The van der Waals surface area contributed by atoms with Crippen LogP contribution in [0, 0.1) is 11.3 Å². The molecule has 0 saturated heterocycles. The topological polar surface area (TPSA) is 0 Å². The molecule has 0 spiro atoms. The van der Waals surface area contributed by atoms with Crippen LogP contribution < -0.4 is 0 Å². The lowest BCUT2D eigenvalue weighted by atomic mass is 9.58. The van der Waals surface area contributed by atoms with Crippen molar-refractivity contribution < 1.29 is 0 Å². The summed E-state index contributed by atoms with van der Waals surface area (Å²) >= 11 is 0. The first-order chi connectivity index (χ1) is 8.77. The highest BCUT2D eigenvalue weighted by atomic mass is 14.4. The van der Waals surface area contributed by atoms with Crippen molar-refractivity contribution in [3.8, 4) is 0 Å². The lowest BCUT2D eigenvalue weighted by Crippen LogP contribution is -2.34. The molecule has 0 heteroatoms. The average Bonchev–Trinajstić information content (AvgIpc) is 2.38. The molecule has 2 bridgehead atoms. The zero-order valence-corrected chi connectivity index (χ0v) is 12.5. The molecule has 2 aliphatic rings. The van der Waals surface area contributed by atoms with Gasteiger partial charge in [-0.2, -0.15) is 0 Å². The maximum atomic E-state index is 4.51. The second-order valence-electron chi connectivity index (χ2n) is 6.90. The molecule has 0 amide bonds. The van der Waals surface area contributed by atoms with Gasteiger partial charge in [-0.05, 0) is 43.4 Å². The van der Waals surface area contributed by atoms with Gasteiger partial charge in [-0.3, -0.25) is 0 Å². The molecule has 0 aromatic heterocycles. The molecule has 2 saturated carbocycles. The second-order valence-corrected chi connectivity index (χ2v) is 6.90. The average molecular weight is 248 g/mol. The Morgan fingerprint density at radius 2 is 1.72 bits per heavy atom. The lowest BCUT2D eigenvalue weighted by molar-refractivity contribution is 0.109. The smallest absolute Gasteiger partial charge is 0.00881 e. The molecule has 0 heterocycles. The largest absolute Gasteiger partial charge is 0.0993 e. The minimum Gasteiger partial charge on any atom is -0.0993 e. The van der Waals surface area contributed by atoms with Gasteiger partial charge in [0, 0.05) is 0 Å². The van der Waals surface area contributed by atoms with Crippen LogP contribution in [0.15, 0.2) is 12.2 Å². The number of unbranched alkanes of at least 4 members (excludes halogenated alkanes) is 4. The molecular weight excluding hydrogens is 216 g/mol. The summed E-state index contributed by atoms with van der Waals surface area (Å²) in [7, 11) is 0. The van der Waals surface area contributed by atoms with Crippen molar-refractivity contribution in [2.75, 3.05) is 0 Å². The number of rotatable bonds is 7. The third kappa shape index (κ3) is 3.39. The van der Waals surface area contributed by atoms with Crippen LogP contribution >= 0.6 is 0 Å². The number of hydrogen-bond donors (Lipinski definition) is 0. The van der Waals surface area contributed by atoms with Crippen molar-refractivity contribution in [2.24, 2.45) is 11.3 Å². The van der Waals surface area contributed by atoms with E-state index in [1.54, 1.807) is 5.57 Å². The highest BCUT2D eigenvalue weighted by Gasteiger charge is 2.40. The van der Waals surface area contributed by atoms with E-state index in [2.05, 4.69) is 13.5 Å². The summed E-state index contributed by atoms with van der Waals surface area (Å²) in [5.41, 5.74) is 2.22. The Hall–Kier alpha value is -0.260. The fourth-order valence-electron chi connectivity index (χ4n) is 4.39. The maximum absolute atomic E-state index is 4.51. The van der Waals surface area contributed by atoms with Crippen molar-refractivity contribution in [1.82, 2.24) is 0 Å². The van der Waals surface area contributed by atoms with Gasteiger partial charge in [-0.1, -0.05) is 70.4 Å². The van der Waals surface area contributed by atoms with E-state index in [-0.39, 0.29) is 0 Å². The first-order valence-electron chi connectivity index (χ1n) is 8.45. The first kappa shape index (κ1) is 14.2. The molecule has 104 valence electrons. The zero-order chi connectivity index (χ0) is 12.8. The van der Waals surface area contributed by atoms with Crippen LogP contribution in [-0.2, 0) is 0 Å². The summed E-state index contributed by atoms with van der Waals surface area (Å²) in [6.45, 7) is 6.80. The minimum atomic E-state index is 0.589. The number of hydrogen-bond acceptors (Lipinski definition) is 0. The molecule has 2 rings (SSSR count). The Morgan fingerprint density at radius 3 is 2.39 bits per heavy atom. The molecule has 0 aromatic carbocycles. The van der Waals surface area contributed by atoms with Gasteiger partial charge in [0.25, 0.3) is 0 Å². The highest BCUT2D eigenvalue weighted by molar-refractivity contribution is 5.13. The fraction of sp³-hybridized carbons (Fsp3) is 0.889. The third-order valence-corrected chi connectivity index (χ3v) is 5.55. The molecule has 0 nitrogen and oxygen atoms in total. The van der Waals surface area contributed by atoms with Gasteiger partial charge < -0.3 is 0 Å². The molecule has 2 aliphatic carbocycles. The van der Waals surface area contributed by atoms with Gasteiger partial charge >= 0.3 is 0 Å². The molecule has 2 fully saturated rings. The van der Waals surface area contributed by atoms with Crippen molar-refractivity contribution in [1.29, 1.82) is 0 Å². The van der Waals surface area contributed by atoms with Crippen LogP contribution in [0.2, 0.25) is 0 Å². The highest BCUT2D eigenvalue weighted by Crippen LogP contribution is 2.53. The summed E-state index contributed by atoms with van der Waals surface area (Å²) < 4.78 is 0. The zero-order valence-electron chi connectivity index (χ0n) is 12.5. The van der Waals surface area contributed by atoms with Crippen LogP contribution in [0.1, 0.15) is 90.4 Å². The van der Waals surface area contributed by atoms with Crippen LogP contribution in [0.25, 0.3) is 0 Å². The van der Waals surface area contributed by atoms with Crippen LogP contribution in [0.4, 0.5) is 0 Å². The fourth-order valence-corrected chi connectivity index (χ4v) is 4.39. The second kappa shape index (κ2) is 6.78. The number of fused-ring (bicyclic) bond motifs is 2. The van der Waals surface area contributed by atoms with Gasteiger partial charge in [-0.15, -0.1) is 0 Å². The molecule has 0 aliphatic heterocycles. The summed E-state index contributed by atoms with van der Waals surface area (Å²) in [6.07, 6.45) is 18.7. The standard InChI is InChI=1S/C18H32/c1-3-4-5-6-7-10-16(2)18-13-8-11-17(15-18)12-9-14-18/h17H,2-15H2,1H3. The number of allylic oxidation sites excluding steroid dienone is 1. The van der Waals surface area contributed by atoms with Crippen LogP contribution in [0.5, 0.6) is 0 Å². The van der Waals surface area contributed by atoms with Crippen molar-refractivity contribution in [2.45, 2.75) is 90.4 Å². The van der Waals surface area contributed by atoms with Crippen molar-refractivity contribution >= 4 is 0 Å². The minimum absolute atomic E-state index is 0.589. The Bertz CT molecular complexity index is 253. The van der Waals surface area contributed by atoms with Crippen LogP contribution in [0.3, 0.4) is 0 Å². The Morgan fingerprint density at radius 1 is 1.06 bits per heavy atom. The monoisotopic (exact) mass is 248 g/mol. The molecule has 0 unspecified atom stereocenters. The van der Waals surface area contributed by atoms with Gasteiger partial charge in [0.15, 0.2) is 0 Å². The van der Waals surface area contributed by atoms with E-state index in [4.69, 9.17) is 0 Å².